The maximum absolute atomic E-state index is 12.8. The van der Waals surface area contributed by atoms with E-state index >= 15 is 0 Å². The van der Waals surface area contributed by atoms with Crippen LogP contribution in [0.3, 0.4) is 0 Å². The highest BCUT2D eigenvalue weighted by molar-refractivity contribution is 7.89. The molecule has 6 nitrogen and oxygen atoms in total. The van der Waals surface area contributed by atoms with E-state index < -0.39 is 16.0 Å². The molecule has 1 aromatic carbocycles. The minimum Gasteiger partial charge on any atom is -0.465 e. The first-order valence-corrected chi connectivity index (χ1v) is 8.28. The van der Waals surface area contributed by atoms with E-state index in [1.807, 2.05) is 0 Å². The number of nitrogens with zero attached hydrogens (tertiary/aromatic N) is 1. The molecule has 0 bridgehead atoms. The van der Waals surface area contributed by atoms with Crippen molar-refractivity contribution in [2.75, 3.05) is 27.2 Å². The number of carbonyl (C=O) groups excluding carboxylic acids is 1. The Morgan fingerprint density at radius 1 is 1.27 bits per heavy atom. The Balaban J connectivity index is 0.00000242. The number of benzene rings is 1. The summed E-state index contributed by atoms with van der Waals surface area (Å²) in [5, 5.41) is 3.20. The second-order valence-corrected chi connectivity index (χ2v) is 6.96. The van der Waals surface area contributed by atoms with Crippen LogP contribution in [-0.4, -0.2) is 52.0 Å². The van der Waals surface area contributed by atoms with Crippen LogP contribution < -0.4 is 5.32 Å². The van der Waals surface area contributed by atoms with Gasteiger partial charge in [-0.05, 0) is 38.1 Å². The molecular weight excluding hydrogens is 328 g/mol. The van der Waals surface area contributed by atoms with Gasteiger partial charge in [0.1, 0.15) is 0 Å². The van der Waals surface area contributed by atoms with Crippen molar-refractivity contribution >= 4 is 28.4 Å². The molecule has 1 saturated heterocycles. The molecular formula is C14H21ClN2O4S. The minimum absolute atomic E-state index is 0. The van der Waals surface area contributed by atoms with Crippen molar-refractivity contribution in [3.63, 3.8) is 0 Å². The van der Waals surface area contributed by atoms with Gasteiger partial charge in [-0.15, -0.1) is 12.4 Å². The summed E-state index contributed by atoms with van der Waals surface area (Å²) in [6, 6.07) is 6.08. The van der Waals surface area contributed by atoms with Gasteiger partial charge in [0.25, 0.3) is 0 Å². The predicted molar refractivity (Wildman–Crippen MR) is 85.9 cm³/mol. The molecule has 0 aliphatic carbocycles. The van der Waals surface area contributed by atoms with Crippen LogP contribution in [0.25, 0.3) is 0 Å². The maximum Gasteiger partial charge on any atom is 0.339 e. The Morgan fingerprint density at radius 2 is 1.86 bits per heavy atom. The van der Waals surface area contributed by atoms with Gasteiger partial charge in [-0.1, -0.05) is 12.1 Å². The molecule has 1 N–H and O–H groups in total. The fourth-order valence-electron chi connectivity index (χ4n) is 2.49. The van der Waals surface area contributed by atoms with Gasteiger partial charge >= 0.3 is 5.97 Å². The van der Waals surface area contributed by atoms with E-state index in [4.69, 9.17) is 0 Å². The molecule has 22 heavy (non-hydrogen) atoms. The molecule has 8 heteroatoms. The summed E-state index contributed by atoms with van der Waals surface area (Å²) in [7, 11) is -0.912. The first-order valence-electron chi connectivity index (χ1n) is 6.84. The summed E-state index contributed by atoms with van der Waals surface area (Å²) >= 11 is 0. The maximum atomic E-state index is 12.8. The van der Waals surface area contributed by atoms with Gasteiger partial charge in [0.2, 0.25) is 10.0 Å². The average Bonchev–Trinajstić information content (AvgIpc) is 2.54. The van der Waals surface area contributed by atoms with E-state index in [-0.39, 0.29) is 28.9 Å². The van der Waals surface area contributed by atoms with E-state index in [2.05, 4.69) is 10.1 Å². The molecule has 0 atom stereocenters. The molecule has 0 spiro atoms. The van der Waals surface area contributed by atoms with Crippen molar-refractivity contribution in [2.45, 2.75) is 23.8 Å². The quantitative estimate of drug-likeness (QED) is 0.829. The van der Waals surface area contributed by atoms with E-state index in [0.29, 0.717) is 0 Å². The lowest BCUT2D eigenvalue weighted by Crippen LogP contribution is -2.44. The van der Waals surface area contributed by atoms with Gasteiger partial charge in [-0.25, -0.2) is 13.2 Å². The Hall–Kier alpha value is -1.15. The van der Waals surface area contributed by atoms with Crippen LogP contribution in [0.1, 0.15) is 23.2 Å². The van der Waals surface area contributed by atoms with Crippen LogP contribution >= 0.6 is 12.4 Å². The number of hydrogen-bond acceptors (Lipinski definition) is 5. The normalized spacial score (nSPS) is 16.1. The number of halogens is 1. The summed E-state index contributed by atoms with van der Waals surface area (Å²) in [5.74, 6) is -0.645. The van der Waals surface area contributed by atoms with Crippen LogP contribution in [0, 0.1) is 0 Å². The van der Waals surface area contributed by atoms with Crippen LogP contribution in [0.5, 0.6) is 0 Å². The van der Waals surface area contributed by atoms with Gasteiger partial charge in [-0.2, -0.15) is 4.31 Å². The number of piperidine rings is 1. The molecule has 1 heterocycles. The van der Waals surface area contributed by atoms with Crippen molar-refractivity contribution in [2.24, 2.45) is 0 Å². The molecule has 1 aromatic rings. The number of carbonyl (C=O) groups is 1. The summed E-state index contributed by atoms with van der Waals surface area (Å²) in [5.41, 5.74) is 0.0702. The second kappa shape index (κ2) is 7.92. The van der Waals surface area contributed by atoms with Crippen LogP contribution in [0.2, 0.25) is 0 Å². The smallest absolute Gasteiger partial charge is 0.339 e. The minimum atomic E-state index is -3.72. The fraction of sp³-hybridized carbons (Fsp3) is 0.500. The van der Waals surface area contributed by atoms with Gasteiger partial charge in [-0.3, -0.25) is 0 Å². The predicted octanol–water partition coefficient (Wildman–Crippen LogP) is 1.27. The van der Waals surface area contributed by atoms with E-state index in [0.717, 1.165) is 25.9 Å². The van der Waals surface area contributed by atoms with E-state index in [1.54, 1.807) is 19.2 Å². The molecule has 0 amide bonds. The van der Waals surface area contributed by atoms with Gasteiger partial charge < -0.3 is 10.1 Å². The number of ether oxygens (including phenoxy) is 1. The first-order chi connectivity index (χ1) is 9.98. The summed E-state index contributed by atoms with van der Waals surface area (Å²) in [4.78, 5) is 11.8. The zero-order valence-corrected chi connectivity index (χ0v) is 14.2. The zero-order chi connectivity index (χ0) is 15.5. The number of hydrogen-bond donors (Lipinski definition) is 1. The topological polar surface area (TPSA) is 75.7 Å². The summed E-state index contributed by atoms with van der Waals surface area (Å²) < 4.78 is 31.6. The lowest BCUT2D eigenvalue weighted by atomic mass is 10.1. The molecule has 1 aliphatic heterocycles. The zero-order valence-electron chi connectivity index (χ0n) is 12.6. The largest absolute Gasteiger partial charge is 0.465 e. The molecule has 1 fully saturated rings. The highest BCUT2D eigenvalue weighted by Crippen LogP contribution is 2.24. The molecule has 0 saturated carbocycles. The summed E-state index contributed by atoms with van der Waals surface area (Å²) in [6.07, 6.45) is 1.52. The average molecular weight is 349 g/mol. The molecule has 2 rings (SSSR count). The Morgan fingerprint density at radius 3 is 2.45 bits per heavy atom. The molecule has 1 aliphatic rings. The number of methoxy groups -OCH3 is 1. The second-order valence-electron chi connectivity index (χ2n) is 4.99. The molecule has 0 aromatic heterocycles. The molecule has 0 radical (unpaired) electrons. The van der Waals surface area contributed by atoms with Crippen molar-refractivity contribution < 1.29 is 17.9 Å². The number of nitrogens with one attached hydrogen (secondary N) is 1. The number of rotatable bonds is 4. The van der Waals surface area contributed by atoms with Gasteiger partial charge in [0.05, 0.1) is 17.6 Å². The fourth-order valence-corrected chi connectivity index (χ4v) is 4.09. The third-order valence-electron chi connectivity index (χ3n) is 3.77. The van der Waals surface area contributed by atoms with E-state index in [1.165, 1.54) is 23.5 Å². The Bertz CT molecular complexity index is 615. The third-order valence-corrected chi connectivity index (χ3v) is 5.74. The Kier molecular flexibility index (Phi) is 6.80. The standard InChI is InChI=1S/C14H20N2O4S.ClH/c1-16(11-7-9-15-10-8-11)21(18,19)13-6-4-3-5-12(13)14(17)20-2;/h3-6,11,15H,7-10H2,1-2H3;1H. The molecule has 124 valence electrons. The monoisotopic (exact) mass is 348 g/mol. The highest BCUT2D eigenvalue weighted by Gasteiger charge is 2.31. The lowest BCUT2D eigenvalue weighted by Gasteiger charge is -2.31. The highest BCUT2D eigenvalue weighted by atomic mass is 35.5. The summed E-state index contributed by atoms with van der Waals surface area (Å²) in [6.45, 7) is 1.59. The lowest BCUT2D eigenvalue weighted by molar-refractivity contribution is 0.0596. The number of esters is 1. The van der Waals surface area contributed by atoms with E-state index in [9.17, 15) is 13.2 Å². The molecule has 0 unspecified atom stereocenters. The van der Waals surface area contributed by atoms with Crippen molar-refractivity contribution in [1.82, 2.24) is 9.62 Å². The Labute approximate surface area is 137 Å². The van der Waals surface area contributed by atoms with Gasteiger partial charge in [0.15, 0.2) is 0 Å². The first kappa shape index (κ1) is 18.9. The van der Waals surface area contributed by atoms with Crippen molar-refractivity contribution in [3.05, 3.63) is 29.8 Å². The van der Waals surface area contributed by atoms with Crippen LogP contribution in [-0.2, 0) is 14.8 Å². The third kappa shape index (κ3) is 3.78. The van der Waals surface area contributed by atoms with Crippen molar-refractivity contribution in [3.8, 4) is 0 Å². The van der Waals surface area contributed by atoms with Crippen LogP contribution in [0.4, 0.5) is 0 Å². The van der Waals surface area contributed by atoms with Gasteiger partial charge in [0, 0.05) is 13.1 Å². The SMILES string of the molecule is COC(=O)c1ccccc1S(=O)(=O)N(C)C1CCNCC1.Cl. The van der Waals surface area contributed by atoms with Crippen molar-refractivity contribution in [1.29, 1.82) is 0 Å². The van der Waals surface area contributed by atoms with Crippen LogP contribution in [0.15, 0.2) is 29.2 Å². The number of sulfonamides is 1.